The molecule has 1 aliphatic rings. The second-order valence-corrected chi connectivity index (χ2v) is 5.09. The van der Waals surface area contributed by atoms with Crippen molar-refractivity contribution in [3.63, 3.8) is 0 Å². The van der Waals surface area contributed by atoms with E-state index in [1.165, 1.54) is 5.56 Å². The number of fused-ring (bicyclic) bond motifs is 1. The molecule has 4 heteroatoms. The van der Waals surface area contributed by atoms with Gasteiger partial charge in [0, 0.05) is 19.7 Å². The third-order valence-electron chi connectivity index (χ3n) is 3.96. The summed E-state index contributed by atoms with van der Waals surface area (Å²) >= 11 is 0. The van der Waals surface area contributed by atoms with Gasteiger partial charge in [0.1, 0.15) is 5.75 Å². The van der Waals surface area contributed by atoms with Crippen molar-refractivity contribution < 1.29 is 14.6 Å². The maximum Gasteiger partial charge on any atom is 0.119 e. The van der Waals surface area contributed by atoms with E-state index < -0.39 is 6.10 Å². The molecule has 0 bridgehead atoms. The third-order valence-corrected chi connectivity index (χ3v) is 3.96. The maximum absolute atomic E-state index is 10.6. The first-order valence-corrected chi connectivity index (χ1v) is 6.71. The van der Waals surface area contributed by atoms with E-state index in [2.05, 4.69) is 11.0 Å². The summed E-state index contributed by atoms with van der Waals surface area (Å²) in [5.74, 6) is 0.804. The molecule has 1 N–H and O–H groups in total. The number of benzene rings is 1. The molecule has 2 unspecified atom stereocenters. The summed E-state index contributed by atoms with van der Waals surface area (Å²) in [6, 6.07) is 6.12. The average Bonchev–Trinajstić information content (AvgIpc) is 2.45. The second kappa shape index (κ2) is 6.37. The summed E-state index contributed by atoms with van der Waals surface area (Å²) < 4.78 is 10.3. The predicted octanol–water partition coefficient (Wildman–Crippen LogP) is 1.62. The van der Waals surface area contributed by atoms with Crippen molar-refractivity contribution in [1.29, 1.82) is 0 Å². The molecule has 2 rings (SSSR count). The van der Waals surface area contributed by atoms with Gasteiger partial charge in [-0.25, -0.2) is 0 Å². The van der Waals surface area contributed by atoms with Gasteiger partial charge in [-0.15, -0.1) is 0 Å². The quantitative estimate of drug-likeness (QED) is 0.878. The van der Waals surface area contributed by atoms with E-state index in [1.54, 1.807) is 14.2 Å². The third kappa shape index (κ3) is 3.08. The van der Waals surface area contributed by atoms with E-state index in [4.69, 9.17) is 9.47 Å². The molecule has 1 aromatic rings. The Morgan fingerprint density at radius 1 is 1.37 bits per heavy atom. The number of hydrogen-bond acceptors (Lipinski definition) is 4. The standard InChI is InChI=1S/C15H23NO3/c1-16(8-9-18-2)14-7-5-11-4-6-12(19-3)10-13(11)15(14)17/h4,6,10,14-15,17H,5,7-9H2,1-3H3. The Kier molecular flexibility index (Phi) is 4.80. The summed E-state index contributed by atoms with van der Waals surface area (Å²) in [7, 11) is 5.39. The molecule has 0 heterocycles. The first-order valence-electron chi connectivity index (χ1n) is 6.71. The smallest absolute Gasteiger partial charge is 0.119 e. The molecule has 0 spiro atoms. The van der Waals surface area contributed by atoms with Gasteiger partial charge in [0.05, 0.1) is 19.8 Å². The highest BCUT2D eigenvalue weighted by Gasteiger charge is 2.30. The summed E-state index contributed by atoms with van der Waals surface area (Å²) in [5.41, 5.74) is 2.23. The van der Waals surface area contributed by atoms with E-state index in [0.29, 0.717) is 6.61 Å². The topological polar surface area (TPSA) is 41.9 Å². The van der Waals surface area contributed by atoms with Crippen LogP contribution < -0.4 is 4.74 Å². The summed E-state index contributed by atoms with van der Waals surface area (Å²) in [4.78, 5) is 2.18. The molecule has 0 radical (unpaired) electrons. The zero-order chi connectivity index (χ0) is 13.8. The molecule has 0 amide bonds. The highest BCUT2D eigenvalue weighted by Crippen LogP contribution is 2.34. The van der Waals surface area contributed by atoms with Gasteiger partial charge < -0.3 is 14.6 Å². The Labute approximate surface area is 114 Å². The molecule has 106 valence electrons. The van der Waals surface area contributed by atoms with Crippen LogP contribution in [0.1, 0.15) is 23.7 Å². The van der Waals surface area contributed by atoms with Crippen LogP contribution in [0.15, 0.2) is 18.2 Å². The zero-order valence-electron chi connectivity index (χ0n) is 11.9. The van der Waals surface area contributed by atoms with Crippen LogP contribution in [-0.2, 0) is 11.2 Å². The second-order valence-electron chi connectivity index (χ2n) is 5.09. The van der Waals surface area contributed by atoms with Crippen LogP contribution in [0.5, 0.6) is 5.75 Å². The molecule has 19 heavy (non-hydrogen) atoms. The molecule has 0 fully saturated rings. The van der Waals surface area contributed by atoms with Crippen molar-refractivity contribution >= 4 is 0 Å². The number of aliphatic hydroxyl groups excluding tert-OH is 1. The molecule has 0 saturated carbocycles. The number of rotatable bonds is 5. The van der Waals surface area contributed by atoms with Crippen molar-refractivity contribution in [2.75, 3.05) is 34.4 Å². The van der Waals surface area contributed by atoms with Crippen LogP contribution in [0, 0.1) is 0 Å². The van der Waals surface area contributed by atoms with Gasteiger partial charge in [-0.2, -0.15) is 0 Å². The largest absolute Gasteiger partial charge is 0.497 e. The van der Waals surface area contributed by atoms with Crippen LogP contribution in [0.4, 0.5) is 0 Å². The first kappa shape index (κ1) is 14.3. The normalized spacial score (nSPS) is 22.4. The highest BCUT2D eigenvalue weighted by molar-refractivity contribution is 5.39. The Hall–Kier alpha value is -1.10. The molecule has 1 aromatic carbocycles. The number of aryl methyl sites for hydroxylation is 1. The Balaban J connectivity index is 2.15. The number of ether oxygens (including phenoxy) is 2. The minimum atomic E-state index is -0.458. The van der Waals surface area contributed by atoms with Gasteiger partial charge in [-0.1, -0.05) is 6.07 Å². The lowest BCUT2D eigenvalue weighted by Crippen LogP contribution is -2.41. The molecule has 0 saturated heterocycles. The van der Waals surface area contributed by atoms with Gasteiger partial charge in [0.25, 0.3) is 0 Å². The number of methoxy groups -OCH3 is 2. The molecular weight excluding hydrogens is 242 g/mol. The maximum atomic E-state index is 10.6. The van der Waals surface area contributed by atoms with Crippen LogP contribution >= 0.6 is 0 Å². The number of hydrogen-bond donors (Lipinski definition) is 1. The monoisotopic (exact) mass is 265 g/mol. The Bertz CT molecular complexity index is 422. The van der Waals surface area contributed by atoms with Gasteiger partial charge in [0.15, 0.2) is 0 Å². The highest BCUT2D eigenvalue weighted by atomic mass is 16.5. The lowest BCUT2D eigenvalue weighted by Gasteiger charge is -2.36. The first-order chi connectivity index (χ1) is 9.17. The molecule has 0 aliphatic heterocycles. The molecular formula is C15H23NO3. The van der Waals surface area contributed by atoms with Crippen molar-refractivity contribution in [3.05, 3.63) is 29.3 Å². The average molecular weight is 265 g/mol. The fraction of sp³-hybridized carbons (Fsp3) is 0.600. The summed E-state index contributed by atoms with van der Waals surface area (Å²) in [6.07, 6.45) is 1.51. The molecule has 4 nitrogen and oxygen atoms in total. The number of aliphatic hydroxyl groups is 1. The van der Waals surface area contributed by atoms with Gasteiger partial charge >= 0.3 is 0 Å². The number of nitrogens with zero attached hydrogens (tertiary/aromatic N) is 1. The van der Waals surface area contributed by atoms with Gasteiger partial charge in [-0.05, 0) is 43.1 Å². The van der Waals surface area contributed by atoms with E-state index in [0.717, 1.165) is 30.7 Å². The predicted molar refractivity (Wildman–Crippen MR) is 74.6 cm³/mol. The zero-order valence-corrected chi connectivity index (χ0v) is 11.9. The lowest BCUT2D eigenvalue weighted by atomic mass is 9.85. The molecule has 2 atom stereocenters. The van der Waals surface area contributed by atoms with E-state index >= 15 is 0 Å². The van der Waals surface area contributed by atoms with E-state index in [1.807, 2.05) is 19.2 Å². The van der Waals surface area contributed by atoms with Crippen molar-refractivity contribution in [3.8, 4) is 5.75 Å². The summed E-state index contributed by atoms with van der Waals surface area (Å²) in [6.45, 7) is 1.52. The van der Waals surface area contributed by atoms with Crippen molar-refractivity contribution in [2.24, 2.45) is 0 Å². The SMILES string of the molecule is COCCN(C)C1CCc2ccc(OC)cc2C1O. The lowest BCUT2D eigenvalue weighted by molar-refractivity contribution is 0.0368. The minimum Gasteiger partial charge on any atom is -0.497 e. The molecule has 0 aromatic heterocycles. The fourth-order valence-corrected chi connectivity index (χ4v) is 2.73. The van der Waals surface area contributed by atoms with Crippen LogP contribution in [-0.4, -0.2) is 50.5 Å². The number of likely N-dealkylation sites (N-methyl/N-ethyl adjacent to an activating group) is 1. The Morgan fingerprint density at radius 2 is 2.16 bits per heavy atom. The Morgan fingerprint density at radius 3 is 2.84 bits per heavy atom. The van der Waals surface area contributed by atoms with Gasteiger partial charge in [0.2, 0.25) is 0 Å². The van der Waals surface area contributed by atoms with E-state index in [-0.39, 0.29) is 6.04 Å². The van der Waals surface area contributed by atoms with Crippen molar-refractivity contribution in [2.45, 2.75) is 25.0 Å². The van der Waals surface area contributed by atoms with Crippen molar-refractivity contribution in [1.82, 2.24) is 4.90 Å². The van der Waals surface area contributed by atoms with Crippen LogP contribution in [0.2, 0.25) is 0 Å². The minimum absolute atomic E-state index is 0.148. The fourth-order valence-electron chi connectivity index (χ4n) is 2.73. The van der Waals surface area contributed by atoms with Crippen LogP contribution in [0.3, 0.4) is 0 Å². The van der Waals surface area contributed by atoms with Gasteiger partial charge in [-0.3, -0.25) is 4.90 Å². The van der Waals surface area contributed by atoms with E-state index in [9.17, 15) is 5.11 Å². The van der Waals surface area contributed by atoms with Crippen LogP contribution in [0.25, 0.3) is 0 Å². The molecule has 1 aliphatic carbocycles. The summed E-state index contributed by atoms with van der Waals surface area (Å²) in [5, 5.41) is 10.6.